The van der Waals surface area contributed by atoms with Gasteiger partial charge in [-0.3, -0.25) is 0 Å². The van der Waals surface area contributed by atoms with E-state index in [4.69, 9.17) is 39.9 Å². The van der Waals surface area contributed by atoms with E-state index in [1.54, 1.807) is 0 Å². The van der Waals surface area contributed by atoms with Gasteiger partial charge in [0.15, 0.2) is 5.82 Å². The molecule has 6 aromatic rings. The monoisotopic (exact) mass is 610 g/mol. The number of aromatic nitrogens is 8. The number of benzene rings is 4. The molecule has 0 fully saturated rings. The van der Waals surface area contributed by atoms with Crippen LogP contribution in [0.2, 0.25) is 0 Å². The summed E-state index contributed by atoms with van der Waals surface area (Å²) in [6, 6.07) is 31.8. The first kappa shape index (κ1) is 28.2. The van der Waals surface area contributed by atoms with Crippen LogP contribution >= 0.6 is 0 Å². The molecule has 2 aromatic heterocycles. The van der Waals surface area contributed by atoms with E-state index in [0.717, 1.165) is 44.2 Å². The fourth-order valence-electron chi connectivity index (χ4n) is 5.46. The zero-order chi connectivity index (χ0) is 26.2. The third-order valence-electron chi connectivity index (χ3n) is 7.33. The minimum Gasteiger partial charge on any atom is -1.00 e. The van der Waals surface area contributed by atoms with E-state index in [9.17, 15) is 0 Å². The Hall–Kier alpha value is -4.96. The molecule has 43 heavy (non-hydrogen) atoms. The molecule has 3 aliphatic rings. The smallest absolute Gasteiger partial charge is 1.00 e. The first-order chi connectivity index (χ1) is 19.8. The summed E-state index contributed by atoms with van der Waals surface area (Å²) in [5.41, 5.74) is 6.46. The van der Waals surface area contributed by atoms with Crippen LogP contribution < -0.4 is 34.8 Å². The molecule has 0 radical (unpaired) electrons. The molecule has 0 aliphatic carbocycles. The topological polar surface area (TPSA) is 106 Å². The molecule has 5 heterocycles. The summed E-state index contributed by atoms with van der Waals surface area (Å²) >= 11 is 0. The molecule has 8 nitrogen and oxygen atoms in total. The molecule has 9 rings (SSSR count). The summed E-state index contributed by atoms with van der Waals surface area (Å²) in [5.74, 6) is 3.31. The first-order valence-electron chi connectivity index (χ1n) is 12.9. The van der Waals surface area contributed by atoms with Gasteiger partial charge in [-0.25, -0.2) is 9.97 Å². The number of hydrogen-bond donors (Lipinski definition) is 0. The van der Waals surface area contributed by atoms with Crippen molar-refractivity contribution in [1.82, 2.24) is 39.9 Å². The molecule has 4 aromatic carbocycles. The van der Waals surface area contributed by atoms with E-state index >= 15 is 0 Å². The quantitative estimate of drug-likeness (QED) is 0.215. The van der Waals surface area contributed by atoms with Crippen molar-refractivity contribution >= 4 is 33.0 Å². The van der Waals surface area contributed by atoms with E-state index in [0.29, 0.717) is 46.2 Å². The predicted octanol–water partition coefficient (Wildman–Crippen LogP) is -0.342. The third kappa shape index (κ3) is 4.28. The summed E-state index contributed by atoms with van der Waals surface area (Å²) in [6.45, 7) is 0. The van der Waals surface area contributed by atoms with Gasteiger partial charge in [-0.15, -0.1) is 0 Å². The van der Waals surface area contributed by atoms with Gasteiger partial charge in [-0.1, -0.05) is 97.1 Å². The molecule has 0 saturated heterocycles. The average molecular weight is 612 g/mol. The predicted molar refractivity (Wildman–Crippen MR) is 158 cm³/mol. The van der Waals surface area contributed by atoms with Crippen molar-refractivity contribution in [3.63, 3.8) is 0 Å². The summed E-state index contributed by atoms with van der Waals surface area (Å²) in [6.07, 6.45) is 0. The Balaban J connectivity index is 0.00000110. The molecule has 0 N–H and O–H groups in total. The second kappa shape index (κ2) is 10.7. The van der Waals surface area contributed by atoms with Gasteiger partial charge in [0.2, 0.25) is 0 Å². The fourth-order valence-corrected chi connectivity index (χ4v) is 5.46. The Kier molecular flexibility index (Phi) is 7.01. The zero-order valence-corrected chi connectivity index (χ0v) is 24.6. The van der Waals surface area contributed by atoms with Crippen molar-refractivity contribution in [3.8, 4) is 68.3 Å². The number of fused-ring (bicyclic) bond motifs is 20. The van der Waals surface area contributed by atoms with Crippen LogP contribution in [0.1, 0.15) is 0 Å². The van der Waals surface area contributed by atoms with Crippen LogP contribution in [0.5, 0.6) is 0 Å². The maximum Gasteiger partial charge on any atom is 4.00 e. The molecule has 0 unspecified atom stereocenters. The Morgan fingerprint density at radius 1 is 0.349 bits per heavy atom. The second-order valence-corrected chi connectivity index (χ2v) is 9.67. The van der Waals surface area contributed by atoms with E-state index in [2.05, 4.69) is 0 Å². The number of rotatable bonds is 0. The molecule has 202 valence electrons. The van der Waals surface area contributed by atoms with E-state index < -0.39 is 0 Å². The SMILES string of the molecule is [Cl-].[Cl-].[Si+4].c1ccc2c(c1)-c1nc-2nc2[n-]c(nc3nc([n-]c4nc(n1)-c1ccccc1-4)-c1ccccc1-3)c1ccccc21. The molecule has 0 amide bonds. The standard InChI is InChI=1S/C32H16N8.2ClH.Si/c1-2-10-18-17(9-1)25-33-26(18)38-28-21-13-5-6-14-22(21)30(35-28)40-32-24-16-8-7-15-23(24)31(36-32)39-29-20-12-4-3-11-19(20)27(34-29)37-25;;;/h1-16H;2*1H;/q-2;;;+4/p-2. The summed E-state index contributed by atoms with van der Waals surface area (Å²) in [7, 11) is 0. The maximum atomic E-state index is 4.95. The normalized spacial score (nSPS) is 11.2. The van der Waals surface area contributed by atoms with Crippen LogP contribution in [0.25, 0.3) is 90.4 Å². The van der Waals surface area contributed by atoms with Crippen molar-refractivity contribution in [3.05, 3.63) is 97.1 Å². The Labute approximate surface area is 262 Å². The molecule has 0 atom stereocenters. The van der Waals surface area contributed by atoms with Crippen LogP contribution in [0.4, 0.5) is 0 Å². The summed E-state index contributed by atoms with van der Waals surface area (Å²) in [5, 5.41) is 1.79. The molecular weight excluding hydrogens is 595 g/mol. The Morgan fingerprint density at radius 2 is 0.674 bits per heavy atom. The molecule has 0 spiro atoms. The minimum atomic E-state index is 0. The number of halogens is 2. The first-order valence-corrected chi connectivity index (χ1v) is 12.9. The van der Waals surface area contributed by atoms with Gasteiger partial charge in [0.05, 0.1) is 11.6 Å². The fraction of sp³-hybridized carbons (Fsp3) is 0. The molecule has 11 heteroatoms. The molecule has 8 bridgehead atoms. The number of nitrogens with zero attached hydrogens (tertiary/aromatic N) is 8. The summed E-state index contributed by atoms with van der Waals surface area (Å²) < 4.78 is 0. The van der Waals surface area contributed by atoms with E-state index in [1.165, 1.54) is 0 Å². The molecule has 3 aliphatic heterocycles. The second-order valence-electron chi connectivity index (χ2n) is 9.67. The van der Waals surface area contributed by atoms with Crippen LogP contribution in [0, 0.1) is 0 Å². The van der Waals surface area contributed by atoms with Crippen molar-refractivity contribution in [2.24, 2.45) is 0 Å². The van der Waals surface area contributed by atoms with Crippen LogP contribution in [0.3, 0.4) is 0 Å². The van der Waals surface area contributed by atoms with Crippen molar-refractivity contribution in [2.45, 2.75) is 0 Å². The van der Waals surface area contributed by atoms with E-state index in [-0.39, 0.29) is 35.8 Å². The Morgan fingerprint density at radius 3 is 1.14 bits per heavy atom. The minimum absolute atomic E-state index is 0. The van der Waals surface area contributed by atoms with Crippen LogP contribution in [0.15, 0.2) is 97.1 Å². The van der Waals surface area contributed by atoms with Gasteiger partial charge in [0.1, 0.15) is 0 Å². The van der Waals surface area contributed by atoms with Crippen LogP contribution in [-0.4, -0.2) is 40.9 Å². The van der Waals surface area contributed by atoms with Crippen molar-refractivity contribution in [1.29, 1.82) is 0 Å². The molecule has 0 saturated carbocycles. The third-order valence-corrected chi connectivity index (χ3v) is 7.33. The average Bonchev–Trinajstić information content (AvgIpc) is 3.73. The van der Waals surface area contributed by atoms with Crippen LogP contribution in [-0.2, 0) is 0 Å². The zero-order valence-electron chi connectivity index (χ0n) is 22.1. The number of hydrogen-bond acceptors (Lipinski definition) is 6. The van der Waals surface area contributed by atoms with Gasteiger partial charge in [-0.05, 0) is 27.5 Å². The van der Waals surface area contributed by atoms with Crippen molar-refractivity contribution < 1.29 is 24.8 Å². The summed E-state index contributed by atoms with van der Waals surface area (Å²) in [4.78, 5) is 39.3. The molecular formula is C32H16Cl2N8Si. The van der Waals surface area contributed by atoms with Gasteiger partial charge in [-0.2, -0.15) is 0 Å². The van der Waals surface area contributed by atoms with Gasteiger partial charge in [0, 0.05) is 45.5 Å². The van der Waals surface area contributed by atoms with E-state index in [1.807, 2.05) is 97.1 Å². The van der Waals surface area contributed by atoms with Gasteiger partial charge in [0.25, 0.3) is 0 Å². The van der Waals surface area contributed by atoms with Crippen molar-refractivity contribution in [2.75, 3.05) is 0 Å². The maximum absolute atomic E-state index is 4.95. The van der Waals surface area contributed by atoms with Gasteiger partial charge >= 0.3 is 11.0 Å². The Bertz CT molecular complexity index is 2110. The van der Waals surface area contributed by atoms with Gasteiger partial charge < -0.3 is 54.7 Å². The largest absolute Gasteiger partial charge is 4.00 e.